The van der Waals surface area contributed by atoms with Crippen molar-refractivity contribution in [2.45, 2.75) is 31.6 Å². The Bertz CT molecular complexity index is 531. The highest BCUT2D eigenvalue weighted by atomic mass is 32.2. The second kappa shape index (κ2) is 7.14. The van der Waals surface area contributed by atoms with Crippen LogP contribution in [0.2, 0.25) is 0 Å². The van der Waals surface area contributed by atoms with Gasteiger partial charge in [0, 0.05) is 22.6 Å². The number of nitrogens with one attached hydrogen (secondary N) is 1. The van der Waals surface area contributed by atoms with E-state index in [1.54, 1.807) is 11.8 Å². The van der Waals surface area contributed by atoms with Crippen molar-refractivity contribution in [1.29, 1.82) is 0 Å². The third-order valence-corrected chi connectivity index (χ3v) is 4.78. The molecule has 0 aromatic heterocycles. The van der Waals surface area contributed by atoms with Crippen molar-refractivity contribution in [2.24, 2.45) is 5.41 Å². The number of hydrogen-bond acceptors (Lipinski definition) is 3. The standard InChI is InChI=1S/C17H23NO2S/c1-13(2)7-10-21-15-6-4-3-5-14(15)16(20)18-11-17(12-19)8-9-17/h3-7,19H,8-12H2,1-2H3,(H,18,20). The van der Waals surface area contributed by atoms with Crippen molar-refractivity contribution in [2.75, 3.05) is 18.9 Å². The van der Waals surface area contributed by atoms with Gasteiger partial charge < -0.3 is 10.4 Å². The summed E-state index contributed by atoms with van der Waals surface area (Å²) in [5, 5.41) is 12.3. The zero-order valence-corrected chi connectivity index (χ0v) is 13.5. The molecule has 0 atom stereocenters. The monoisotopic (exact) mass is 305 g/mol. The van der Waals surface area contributed by atoms with Crippen molar-refractivity contribution >= 4 is 17.7 Å². The number of allylic oxidation sites excluding steroid dienone is 1. The molecule has 0 bridgehead atoms. The van der Waals surface area contributed by atoms with Crippen LogP contribution in [0.15, 0.2) is 40.8 Å². The quantitative estimate of drug-likeness (QED) is 0.600. The topological polar surface area (TPSA) is 49.3 Å². The van der Waals surface area contributed by atoms with Crippen LogP contribution in [0.5, 0.6) is 0 Å². The fourth-order valence-electron chi connectivity index (χ4n) is 2.01. The molecule has 1 fully saturated rings. The Morgan fingerprint density at radius 3 is 2.71 bits per heavy atom. The molecule has 1 amide bonds. The summed E-state index contributed by atoms with van der Waals surface area (Å²) in [5.74, 6) is 0.822. The Labute approximate surface area is 130 Å². The first-order valence-corrected chi connectivity index (χ1v) is 8.29. The second-order valence-electron chi connectivity index (χ2n) is 5.93. The molecule has 0 unspecified atom stereocenters. The van der Waals surface area contributed by atoms with Crippen molar-refractivity contribution in [1.82, 2.24) is 5.32 Å². The molecular formula is C17H23NO2S. The van der Waals surface area contributed by atoms with Gasteiger partial charge in [-0.3, -0.25) is 4.79 Å². The first-order valence-electron chi connectivity index (χ1n) is 7.31. The molecular weight excluding hydrogens is 282 g/mol. The summed E-state index contributed by atoms with van der Waals surface area (Å²) in [7, 11) is 0. The first-order chi connectivity index (χ1) is 10.1. The molecule has 3 nitrogen and oxygen atoms in total. The molecule has 2 N–H and O–H groups in total. The maximum Gasteiger partial charge on any atom is 0.252 e. The van der Waals surface area contributed by atoms with E-state index >= 15 is 0 Å². The van der Waals surface area contributed by atoms with Gasteiger partial charge >= 0.3 is 0 Å². The van der Waals surface area contributed by atoms with Gasteiger partial charge in [0.25, 0.3) is 5.91 Å². The minimum Gasteiger partial charge on any atom is -0.396 e. The zero-order chi connectivity index (χ0) is 15.3. The summed E-state index contributed by atoms with van der Waals surface area (Å²) in [6.07, 6.45) is 4.16. The van der Waals surface area contributed by atoms with Crippen LogP contribution >= 0.6 is 11.8 Å². The summed E-state index contributed by atoms with van der Waals surface area (Å²) >= 11 is 1.67. The lowest BCUT2D eigenvalue weighted by atomic mass is 10.1. The maximum absolute atomic E-state index is 12.3. The van der Waals surface area contributed by atoms with Gasteiger partial charge in [0.05, 0.1) is 12.2 Å². The molecule has 1 saturated carbocycles. The minimum atomic E-state index is -0.0557. The molecule has 0 aliphatic heterocycles. The minimum absolute atomic E-state index is 0.0463. The van der Waals surface area contributed by atoms with E-state index in [0.717, 1.165) is 29.1 Å². The molecule has 1 aliphatic rings. The summed E-state index contributed by atoms with van der Waals surface area (Å²) in [4.78, 5) is 13.3. The van der Waals surface area contributed by atoms with Crippen LogP contribution in [-0.4, -0.2) is 29.9 Å². The van der Waals surface area contributed by atoms with Crippen LogP contribution in [-0.2, 0) is 0 Å². The molecule has 114 valence electrons. The highest BCUT2D eigenvalue weighted by molar-refractivity contribution is 7.99. The Balaban J connectivity index is 1.98. The number of aliphatic hydroxyl groups excluding tert-OH is 1. The number of carbonyl (C=O) groups is 1. The molecule has 1 aromatic carbocycles. The number of carbonyl (C=O) groups excluding carboxylic acids is 1. The van der Waals surface area contributed by atoms with E-state index in [1.807, 2.05) is 24.3 Å². The fraction of sp³-hybridized carbons (Fsp3) is 0.471. The first kappa shape index (κ1) is 16.1. The van der Waals surface area contributed by atoms with Gasteiger partial charge in [0.2, 0.25) is 0 Å². The molecule has 1 aromatic rings. The summed E-state index contributed by atoms with van der Waals surface area (Å²) in [6.45, 7) is 4.87. The van der Waals surface area contributed by atoms with E-state index in [0.29, 0.717) is 6.54 Å². The number of benzene rings is 1. The molecule has 0 heterocycles. The van der Waals surface area contributed by atoms with Crippen LogP contribution in [0.1, 0.15) is 37.0 Å². The summed E-state index contributed by atoms with van der Waals surface area (Å²) in [5.41, 5.74) is 1.95. The predicted octanol–water partition coefficient (Wildman–Crippen LogP) is 3.25. The van der Waals surface area contributed by atoms with E-state index in [-0.39, 0.29) is 17.9 Å². The van der Waals surface area contributed by atoms with Crippen molar-refractivity contribution in [3.8, 4) is 0 Å². The number of thioether (sulfide) groups is 1. The Morgan fingerprint density at radius 2 is 2.10 bits per heavy atom. The molecule has 21 heavy (non-hydrogen) atoms. The number of aliphatic hydroxyl groups is 1. The van der Waals surface area contributed by atoms with E-state index < -0.39 is 0 Å². The SMILES string of the molecule is CC(C)=CCSc1ccccc1C(=O)NCC1(CO)CC1. The molecule has 0 saturated heterocycles. The van der Waals surface area contributed by atoms with E-state index in [2.05, 4.69) is 25.2 Å². The van der Waals surface area contributed by atoms with Crippen molar-refractivity contribution < 1.29 is 9.90 Å². The fourth-order valence-corrected chi connectivity index (χ4v) is 3.10. The lowest BCUT2D eigenvalue weighted by Crippen LogP contribution is -2.32. The summed E-state index contributed by atoms with van der Waals surface area (Å²) in [6, 6.07) is 7.69. The van der Waals surface area contributed by atoms with E-state index in [4.69, 9.17) is 0 Å². The van der Waals surface area contributed by atoms with Crippen molar-refractivity contribution in [3.05, 3.63) is 41.5 Å². The van der Waals surface area contributed by atoms with Gasteiger partial charge in [-0.05, 0) is 38.8 Å². The predicted molar refractivity (Wildman–Crippen MR) is 87.7 cm³/mol. The third kappa shape index (κ3) is 4.61. The van der Waals surface area contributed by atoms with Crippen LogP contribution < -0.4 is 5.32 Å². The average Bonchev–Trinajstić information content (AvgIpc) is 3.25. The largest absolute Gasteiger partial charge is 0.396 e. The Hall–Kier alpha value is -1.26. The van der Waals surface area contributed by atoms with Gasteiger partial charge in [0.1, 0.15) is 0 Å². The van der Waals surface area contributed by atoms with E-state index in [9.17, 15) is 9.90 Å². The van der Waals surface area contributed by atoms with Gasteiger partial charge in [0.15, 0.2) is 0 Å². The number of rotatable bonds is 7. The number of amides is 1. The molecule has 4 heteroatoms. The van der Waals surface area contributed by atoms with E-state index in [1.165, 1.54) is 5.57 Å². The molecule has 1 aliphatic carbocycles. The van der Waals surface area contributed by atoms with Crippen LogP contribution in [0.25, 0.3) is 0 Å². The Morgan fingerprint density at radius 1 is 1.38 bits per heavy atom. The smallest absolute Gasteiger partial charge is 0.252 e. The van der Waals surface area contributed by atoms with Gasteiger partial charge in [-0.15, -0.1) is 11.8 Å². The second-order valence-corrected chi connectivity index (χ2v) is 6.99. The highest BCUT2D eigenvalue weighted by Crippen LogP contribution is 2.44. The summed E-state index contributed by atoms with van der Waals surface area (Å²) < 4.78 is 0. The highest BCUT2D eigenvalue weighted by Gasteiger charge is 2.42. The van der Waals surface area contributed by atoms with Crippen LogP contribution in [0, 0.1) is 5.41 Å². The average molecular weight is 305 g/mol. The van der Waals surface area contributed by atoms with Gasteiger partial charge in [-0.1, -0.05) is 23.8 Å². The Kier molecular flexibility index (Phi) is 5.48. The third-order valence-electron chi connectivity index (χ3n) is 3.78. The lowest BCUT2D eigenvalue weighted by Gasteiger charge is -2.14. The van der Waals surface area contributed by atoms with Crippen LogP contribution in [0.4, 0.5) is 0 Å². The lowest BCUT2D eigenvalue weighted by molar-refractivity contribution is 0.0932. The normalized spacial score (nSPS) is 15.4. The molecule has 0 radical (unpaired) electrons. The zero-order valence-electron chi connectivity index (χ0n) is 12.7. The number of hydrogen-bond donors (Lipinski definition) is 2. The van der Waals surface area contributed by atoms with Gasteiger partial charge in [-0.2, -0.15) is 0 Å². The van der Waals surface area contributed by atoms with Gasteiger partial charge in [-0.25, -0.2) is 0 Å². The van der Waals surface area contributed by atoms with Crippen molar-refractivity contribution in [3.63, 3.8) is 0 Å². The maximum atomic E-state index is 12.3. The van der Waals surface area contributed by atoms with Crippen LogP contribution in [0.3, 0.4) is 0 Å². The molecule has 0 spiro atoms. The molecule has 2 rings (SSSR count).